The number of hydrogen-bond donors (Lipinski definition) is 2. The molecule has 1 heterocycles. The average Bonchev–Trinajstić information content (AvgIpc) is 2.99. The van der Waals surface area contributed by atoms with Crippen LogP contribution in [0.1, 0.15) is 27.0 Å². The minimum absolute atomic E-state index is 0.323. The van der Waals surface area contributed by atoms with Gasteiger partial charge in [-0.2, -0.15) is 0 Å². The summed E-state index contributed by atoms with van der Waals surface area (Å²) in [7, 11) is 0. The lowest BCUT2D eigenvalue weighted by molar-refractivity contribution is 0.0697. The van der Waals surface area contributed by atoms with Gasteiger partial charge in [-0.3, -0.25) is 0 Å². The lowest BCUT2D eigenvalue weighted by Gasteiger charge is -2.07. The number of nitrogens with one attached hydrogen (secondary N) is 1. The van der Waals surface area contributed by atoms with Crippen molar-refractivity contribution in [2.75, 3.05) is 13.2 Å². The Bertz CT molecular complexity index is 665. The molecular formula is C18H19NO3. The van der Waals surface area contributed by atoms with Crippen molar-refractivity contribution in [1.29, 1.82) is 0 Å². The van der Waals surface area contributed by atoms with Crippen LogP contribution in [0.4, 0.5) is 0 Å². The van der Waals surface area contributed by atoms with Crippen molar-refractivity contribution in [2.24, 2.45) is 0 Å². The summed E-state index contributed by atoms with van der Waals surface area (Å²) in [5.74, 6) is 0.135. The Kier molecular flexibility index (Phi) is 4.39. The molecule has 2 aromatic rings. The van der Waals surface area contributed by atoms with E-state index in [1.165, 1.54) is 11.1 Å². The Balaban J connectivity index is 1.46. The molecule has 0 saturated carbocycles. The molecule has 0 aliphatic carbocycles. The van der Waals surface area contributed by atoms with E-state index < -0.39 is 5.97 Å². The van der Waals surface area contributed by atoms with Gasteiger partial charge in [0.1, 0.15) is 5.75 Å². The number of carboxylic acids is 1. The molecular weight excluding hydrogens is 278 g/mol. The van der Waals surface area contributed by atoms with Gasteiger partial charge in [0.2, 0.25) is 0 Å². The van der Waals surface area contributed by atoms with E-state index >= 15 is 0 Å². The maximum atomic E-state index is 10.8. The highest BCUT2D eigenvalue weighted by Crippen LogP contribution is 2.25. The van der Waals surface area contributed by atoms with Gasteiger partial charge in [-0.25, -0.2) is 4.79 Å². The zero-order valence-electron chi connectivity index (χ0n) is 12.3. The highest BCUT2D eigenvalue weighted by atomic mass is 16.5. The Morgan fingerprint density at radius 3 is 2.68 bits per heavy atom. The van der Waals surface area contributed by atoms with E-state index in [1.54, 1.807) is 12.1 Å². The maximum Gasteiger partial charge on any atom is 0.335 e. The van der Waals surface area contributed by atoms with Crippen LogP contribution in [-0.4, -0.2) is 24.2 Å². The summed E-state index contributed by atoms with van der Waals surface area (Å²) in [6.45, 7) is 2.43. The molecule has 114 valence electrons. The maximum absolute atomic E-state index is 10.8. The first-order valence-corrected chi connectivity index (χ1v) is 7.50. The first-order chi connectivity index (χ1) is 10.7. The average molecular weight is 297 g/mol. The van der Waals surface area contributed by atoms with E-state index in [0.717, 1.165) is 43.9 Å². The lowest BCUT2D eigenvalue weighted by Crippen LogP contribution is -2.16. The van der Waals surface area contributed by atoms with Gasteiger partial charge in [-0.15, -0.1) is 0 Å². The molecule has 1 aliphatic heterocycles. The van der Waals surface area contributed by atoms with E-state index in [2.05, 4.69) is 23.5 Å². The van der Waals surface area contributed by atoms with E-state index in [0.29, 0.717) is 5.56 Å². The Morgan fingerprint density at radius 1 is 1.14 bits per heavy atom. The molecule has 0 unspecified atom stereocenters. The van der Waals surface area contributed by atoms with Crippen molar-refractivity contribution < 1.29 is 14.6 Å². The SMILES string of the molecule is O=C(O)c1ccc(CNCCc2ccc3c(c2)CCO3)cc1. The fourth-order valence-electron chi connectivity index (χ4n) is 2.63. The van der Waals surface area contributed by atoms with Gasteiger partial charge in [-0.05, 0) is 47.9 Å². The Hall–Kier alpha value is -2.33. The summed E-state index contributed by atoms with van der Waals surface area (Å²) < 4.78 is 5.51. The minimum atomic E-state index is -0.889. The predicted octanol–water partition coefficient (Wildman–Crippen LogP) is 2.65. The van der Waals surface area contributed by atoms with Crippen LogP contribution in [0.2, 0.25) is 0 Å². The van der Waals surface area contributed by atoms with Gasteiger partial charge in [-0.1, -0.05) is 24.3 Å². The number of benzene rings is 2. The number of rotatable bonds is 6. The molecule has 0 radical (unpaired) electrons. The van der Waals surface area contributed by atoms with E-state index in [4.69, 9.17) is 9.84 Å². The van der Waals surface area contributed by atoms with Gasteiger partial charge in [0.05, 0.1) is 12.2 Å². The molecule has 2 N–H and O–H groups in total. The largest absolute Gasteiger partial charge is 0.493 e. The number of hydrogen-bond acceptors (Lipinski definition) is 3. The molecule has 0 fully saturated rings. The fraction of sp³-hybridized carbons (Fsp3) is 0.278. The van der Waals surface area contributed by atoms with Crippen molar-refractivity contribution in [2.45, 2.75) is 19.4 Å². The van der Waals surface area contributed by atoms with Crippen LogP contribution in [0, 0.1) is 0 Å². The zero-order chi connectivity index (χ0) is 15.4. The summed E-state index contributed by atoms with van der Waals surface area (Å²) in [5.41, 5.74) is 4.04. The number of fused-ring (bicyclic) bond motifs is 1. The number of carbonyl (C=O) groups is 1. The first-order valence-electron chi connectivity index (χ1n) is 7.50. The van der Waals surface area contributed by atoms with Crippen molar-refractivity contribution in [3.63, 3.8) is 0 Å². The van der Waals surface area contributed by atoms with E-state index in [9.17, 15) is 4.79 Å². The third-order valence-electron chi connectivity index (χ3n) is 3.87. The van der Waals surface area contributed by atoms with Crippen molar-refractivity contribution in [1.82, 2.24) is 5.32 Å². The van der Waals surface area contributed by atoms with Gasteiger partial charge in [0, 0.05) is 13.0 Å². The Labute approximate surface area is 129 Å². The van der Waals surface area contributed by atoms with Gasteiger partial charge < -0.3 is 15.2 Å². The summed E-state index contributed by atoms with van der Waals surface area (Å²) in [6.07, 6.45) is 1.98. The minimum Gasteiger partial charge on any atom is -0.493 e. The third-order valence-corrected chi connectivity index (χ3v) is 3.87. The highest BCUT2D eigenvalue weighted by Gasteiger charge is 2.11. The normalized spacial score (nSPS) is 12.7. The van der Waals surface area contributed by atoms with Crippen LogP contribution in [0.5, 0.6) is 5.75 Å². The summed E-state index contributed by atoms with van der Waals surface area (Å²) >= 11 is 0. The van der Waals surface area contributed by atoms with Gasteiger partial charge >= 0.3 is 5.97 Å². The quantitative estimate of drug-likeness (QED) is 0.805. The van der Waals surface area contributed by atoms with Crippen LogP contribution in [0.15, 0.2) is 42.5 Å². The summed E-state index contributed by atoms with van der Waals surface area (Å²) in [6, 6.07) is 13.4. The second-order valence-electron chi connectivity index (χ2n) is 5.47. The smallest absolute Gasteiger partial charge is 0.335 e. The highest BCUT2D eigenvalue weighted by molar-refractivity contribution is 5.87. The summed E-state index contributed by atoms with van der Waals surface area (Å²) in [5, 5.41) is 12.2. The second-order valence-corrected chi connectivity index (χ2v) is 5.47. The molecule has 1 aliphatic rings. The molecule has 0 saturated heterocycles. The second kappa shape index (κ2) is 6.62. The molecule has 0 bridgehead atoms. The Morgan fingerprint density at radius 2 is 1.91 bits per heavy atom. The first kappa shape index (κ1) is 14.6. The molecule has 4 nitrogen and oxygen atoms in total. The van der Waals surface area contributed by atoms with Crippen molar-refractivity contribution in [3.05, 3.63) is 64.7 Å². The summed E-state index contributed by atoms with van der Waals surface area (Å²) in [4.78, 5) is 10.8. The van der Waals surface area contributed by atoms with Crippen LogP contribution in [-0.2, 0) is 19.4 Å². The molecule has 0 atom stereocenters. The molecule has 4 heteroatoms. The van der Waals surface area contributed by atoms with E-state index in [-0.39, 0.29) is 0 Å². The predicted molar refractivity (Wildman–Crippen MR) is 84.5 cm³/mol. The molecule has 22 heavy (non-hydrogen) atoms. The van der Waals surface area contributed by atoms with Crippen LogP contribution in [0.25, 0.3) is 0 Å². The molecule has 2 aromatic carbocycles. The fourth-order valence-corrected chi connectivity index (χ4v) is 2.63. The van der Waals surface area contributed by atoms with Crippen LogP contribution < -0.4 is 10.1 Å². The molecule has 0 amide bonds. The molecule has 0 spiro atoms. The molecule has 3 rings (SSSR count). The van der Waals surface area contributed by atoms with Gasteiger partial charge in [0.25, 0.3) is 0 Å². The molecule has 0 aromatic heterocycles. The van der Waals surface area contributed by atoms with Crippen LogP contribution >= 0.6 is 0 Å². The topological polar surface area (TPSA) is 58.6 Å². The lowest BCUT2D eigenvalue weighted by atomic mass is 10.1. The third kappa shape index (κ3) is 3.46. The number of carboxylic acid groups (broad SMARTS) is 1. The number of aromatic carboxylic acids is 1. The van der Waals surface area contributed by atoms with Gasteiger partial charge in [0.15, 0.2) is 0 Å². The van der Waals surface area contributed by atoms with E-state index in [1.807, 2.05) is 12.1 Å². The monoisotopic (exact) mass is 297 g/mol. The zero-order valence-corrected chi connectivity index (χ0v) is 12.3. The van der Waals surface area contributed by atoms with Crippen molar-refractivity contribution in [3.8, 4) is 5.75 Å². The number of ether oxygens (including phenoxy) is 1. The standard InChI is InChI=1S/C18H19NO3/c20-18(21)15-4-1-14(2-5-15)12-19-9-7-13-3-6-17-16(11-13)8-10-22-17/h1-6,11,19H,7-10,12H2,(H,20,21). The van der Waals surface area contributed by atoms with Crippen LogP contribution in [0.3, 0.4) is 0 Å². The van der Waals surface area contributed by atoms with Crippen molar-refractivity contribution >= 4 is 5.97 Å².